The topological polar surface area (TPSA) is 96.4 Å². The summed E-state index contributed by atoms with van der Waals surface area (Å²) in [6.45, 7) is 2.19. The summed E-state index contributed by atoms with van der Waals surface area (Å²) in [5.74, 6) is -2.97. The highest BCUT2D eigenvalue weighted by molar-refractivity contribution is 7.92. The lowest BCUT2D eigenvalue weighted by atomic mass is 10.1. The van der Waals surface area contributed by atoms with Gasteiger partial charge < -0.3 is 5.32 Å². The monoisotopic (exact) mass is 443 g/mol. The van der Waals surface area contributed by atoms with Crippen molar-refractivity contribution in [1.29, 1.82) is 0 Å². The quantitative estimate of drug-likeness (QED) is 0.601. The van der Waals surface area contributed by atoms with Gasteiger partial charge in [-0.25, -0.2) is 12.8 Å². The lowest BCUT2D eigenvalue weighted by molar-refractivity contribution is -0.131. The molecule has 11 heteroatoms. The maximum Gasteiger partial charge on any atom is 0.315 e. The average molecular weight is 443 g/mol. The number of carbonyl (C=O) groups is 2. The Kier molecular flexibility index (Phi) is 7.54. The van der Waals surface area contributed by atoms with E-state index in [-0.39, 0.29) is 29.2 Å². The number of ketones is 1. The summed E-state index contributed by atoms with van der Waals surface area (Å²) in [6, 6.07) is 6.80. The zero-order valence-corrected chi connectivity index (χ0v) is 17.0. The molecule has 162 valence electrons. The van der Waals surface area contributed by atoms with Crippen LogP contribution in [-0.2, 0) is 21.4 Å². The molecule has 2 rings (SSSR count). The number of halogens is 3. The Balaban J connectivity index is 2.20. The lowest BCUT2D eigenvalue weighted by Crippen LogP contribution is -2.34. The number of alkyl halides is 2. The maximum absolute atomic E-state index is 13.9. The van der Waals surface area contributed by atoms with Crippen LogP contribution in [-0.4, -0.2) is 43.8 Å². The van der Waals surface area contributed by atoms with E-state index in [1.54, 1.807) is 12.2 Å². The van der Waals surface area contributed by atoms with Crippen LogP contribution in [0.2, 0.25) is 0 Å². The largest absolute Gasteiger partial charge is 0.344 e. The number of sulfonamides is 1. The highest BCUT2D eigenvalue weighted by Gasteiger charge is 2.23. The van der Waals surface area contributed by atoms with Gasteiger partial charge in [0.25, 0.3) is 5.91 Å². The Labute approximate surface area is 172 Å². The predicted molar refractivity (Wildman–Crippen MR) is 104 cm³/mol. The number of hydrogen-bond acceptors (Lipinski definition) is 5. The number of nitrogens with zero attached hydrogens (tertiary/aromatic N) is 2. The number of aromatic nitrogens is 1. The molecule has 0 aliphatic rings. The van der Waals surface area contributed by atoms with Gasteiger partial charge in [-0.3, -0.25) is 18.9 Å². The van der Waals surface area contributed by atoms with E-state index >= 15 is 0 Å². The fourth-order valence-corrected chi connectivity index (χ4v) is 3.50. The van der Waals surface area contributed by atoms with Crippen LogP contribution < -0.4 is 9.62 Å². The van der Waals surface area contributed by atoms with Crippen molar-refractivity contribution < 1.29 is 31.2 Å². The number of pyridine rings is 1. The van der Waals surface area contributed by atoms with Gasteiger partial charge in [0.15, 0.2) is 5.78 Å². The predicted octanol–water partition coefficient (Wildman–Crippen LogP) is 2.45. The summed E-state index contributed by atoms with van der Waals surface area (Å²) in [7, 11) is -3.75. The first-order valence-electron chi connectivity index (χ1n) is 8.85. The molecular formula is C19H20F3N3O4S. The molecule has 7 nitrogen and oxygen atoms in total. The van der Waals surface area contributed by atoms with Gasteiger partial charge in [-0.05, 0) is 43.7 Å². The van der Waals surface area contributed by atoms with Crippen LogP contribution >= 0.6 is 0 Å². The van der Waals surface area contributed by atoms with Gasteiger partial charge in [-0.15, -0.1) is 0 Å². The maximum atomic E-state index is 13.9. The van der Waals surface area contributed by atoms with E-state index in [0.717, 1.165) is 16.6 Å². The molecule has 0 saturated heterocycles. The molecule has 0 aliphatic carbocycles. The molecule has 1 amide bonds. The number of Topliss-reactive ketones (excluding diaryl/α,β-unsaturated/α-hetero) is 1. The summed E-state index contributed by atoms with van der Waals surface area (Å²) >= 11 is 0. The van der Waals surface area contributed by atoms with Crippen LogP contribution in [0.3, 0.4) is 0 Å². The summed E-state index contributed by atoms with van der Waals surface area (Å²) in [5, 5.41) is 1.80. The molecule has 1 heterocycles. The van der Waals surface area contributed by atoms with Crippen molar-refractivity contribution in [1.82, 2.24) is 10.3 Å². The summed E-state index contributed by atoms with van der Waals surface area (Å²) < 4.78 is 64.3. The van der Waals surface area contributed by atoms with Crippen molar-refractivity contribution >= 4 is 27.4 Å². The van der Waals surface area contributed by atoms with E-state index in [0.29, 0.717) is 5.56 Å². The van der Waals surface area contributed by atoms with Crippen molar-refractivity contribution in [3.63, 3.8) is 0 Å². The third-order valence-corrected chi connectivity index (χ3v) is 5.96. The average Bonchev–Trinajstić information content (AvgIpc) is 2.72. The fraction of sp³-hybridized carbons (Fsp3) is 0.316. The van der Waals surface area contributed by atoms with Crippen LogP contribution in [0.25, 0.3) is 0 Å². The number of nitrogens with one attached hydrogen (secondary N) is 1. The van der Waals surface area contributed by atoms with Gasteiger partial charge in [0, 0.05) is 11.8 Å². The molecule has 0 atom stereocenters. The molecule has 0 unspecified atom stereocenters. The third kappa shape index (κ3) is 5.78. The van der Waals surface area contributed by atoms with E-state index < -0.39 is 40.5 Å². The normalized spacial score (nSPS) is 11.4. The van der Waals surface area contributed by atoms with E-state index in [2.05, 4.69) is 4.98 Å². The SMILES string of the molecule is CCS(=O)(=O)N(Cc1ccc(C(=O)CNC(=O)C(F)F)cn1)c1ccc(C)c(F)c1. The van der Waals surface area contributed by atoms with Crippen LogP contribution in [0.5, 0.6) is 0 Å². The first-order valence-corrected chi connectivity index (χ1v) is 10.5. The molecule has 0 radical (unpaired) electrons. The molecule has 0 fully saturated rings. The Morgan fingerprint density at radius 2 is 1.90 bits per heavy atom. The number of benzene rings is 1. The molecule has 0 saturated carbocycles. The van der Waals surface area contributed by atoms with Crippen LogP contribution in [0.4, 0.5) is 18.9 Å². The Morgan fingerprint density at radius 1 is 1.20 bits per heavy atom. The molecule has 2 aromatic rings. The molecular weight excluding hydrogens is 423 g/mol. The van der Waals surface area contributed by atoms with E-state index in [1.807, 2.05) is 0 Å². The number of carbonyl (C=O) groups excluding carboxylic acids is 2. The minimum Gasteiger partial charge on any atom is -0.344 e. The minimum atomic E-state index is -3.75. The van der Waals surface area contributed by atoms with Crippen LogP contribution in [0.15, 0.2) is 36.5 Å². The number of aryl methyl sites for hydroxylation is 1. The van der Waals surface area contributed by atoms with Gasteiger partial charge in [-0.2, -0.15) is 8.78 Å². The number of rotatable bonds is 9. The molecule has 1 aromatic heterocycles. The number of hydrogen-bond donors (Lipinski definition) is 1. The number of anilines is 1. The Morgan fingerprint density at radius 3 is 2.43 bits per heavy atom. The molecule has 1 N–H and O–H groups in total. The van der Waals surface area contributed by atoms with Crippen molar-refractivity contribution in [2.24, 2.45) is 0 Å². The van der Waals surface area contributed by atoms with Crippen molar-refractivity contribution in [2.45, 2.75) is 26.8 Å². The third-order valence-electron chi connectivity index (χ3n) is 4.22. The summed E-state index contributed by atoms with van der Waals surface area (Å²) in [6.07, 6.45) is -2.07. The van der Waals surface area contributed by atoms with Gasteiger partial charge in [0.1, 0.15) is 5.82 Å². The Hall–Kier alpha value is -2.95. The second kappa shape index (κ2) is 9.70. The molecule has 30 heavy (non-hydrogen) atoms. The highest BCUT2D eigenvalue weighted by atomic mass is 32.2. The molecule has 0 bridgehead atoms. The van der Waals surface area contributed by atoms with E-state index in [4.69, 9.17) is 0 Å². The van der Waals surface area contributed by atoms with E-state index in [9.17, 15) is 31.2 Å². The first kappa shape index (κ1) is 23.3. The first-order chi connectivity index (χ1) is 14.0. The Bertz CT molecular complexity index is 1030. The van der Waals surface area contributed by atoms with Gasteiger partial charge in [0.2, 0.25) is 10.0 Å². The molecule has 0 spiro atoms. The minimum absolute atomic E-state index is 0.0552. The zero-order valence-electron chi connectivity index (χ0n) is 16.2. The van der Waals surface area contributed by atoms with Gasteiger partial charge >= 0.3 is 6.43 Å². The van der Waals surface area contributed by atoms with Crippen molar-refractivity contribution in [3.05, 3.63) is 59.2 Å². The fourth-order valence-electron chi connectivity index (χ4n) is 2.42. The van der Waals surface area contributed by atoms with Gasteiger partial charge in [0.05, 0.1) is 30.2 Å². The summed E-state index contributed by atoms with van der Waals surface area (Å²) in [5.41, 5.74) is 0.838. The summed E-state index contributed by atoms with van der Waals surface area (Å²) in [4.78, 5) is 26.8. The van der Waals surface area contributed by atoms with Crippen LogP contribution in [0, 0.1) is 12.7 Å². The van der Waals surface area contributed by atoms with Gasteiger partial charge in [-0.1, -0.05) is 6.07 Å². The smallest absolute Gasteiger partial charge is 0.315 e. The second-order valence-corrected chi connectivity index (χ2v) is 8.50. The zero-order chi connectivity index (χ0) is 22.5. The van der Waals surface area contributed by atoms with Crippen LogP contribution in [0.1, 0.15) is 28.5 Å². The number of amides is 1. The van der Waals surface area contributed by atoms with Crippen molar-refractivity contribution in [3.8, 4) is 0 Å². The second-order valence-electron chi connectivity index (χ2n) is 6.32. The highest BCUT2D eigenvalue weighted by Crippen LogP contribution is 2.23. The molecule has 0 aliphatic heterocycles. The molecule has 1 aromatic carbocycles. The lowest BCUT2D eigenvalue weighted by Gasteiger charge is -2.24. The standard InChI is InChI=1S/C19H20F3N3O4S/c1-3-30(28,29)25(15-7-4-12(2)16(20)8-15)11-14-6-5-13(9-23-14)17(26)10-24-19(27)18(21)22/h4-9,18H,3,10-11H2,1-2H3,(H,24,27). The van der Waals surface area contributed by atoms with E-state index in [1.165, 1.54) is 31.2 Å². The van der Waals surface area contributed by atoms with Crippen molar-refractivity contribution in [2.75, 3.05) is 16.6 Å².